The minimum absolute atomic E-state index is 0.0678. The van der Waals surface area contributed by atoms with E-state index in [-0.39, 0.29) is 12.6 Å². The summed E-state index contributed by atoms with van der Waals surface area (Å²) in [6.07, 6.45) is 3.12. The summed E-state index contributed by atoms with van der Waals surface area (Å²) in [5.74, 6) is 0.845. The van der Waals surface area contributed by atoms with E-state index in [4.69, 9.17) is 25.3 Å². The van der Waals surface area contributed by atoms with E-state index in [9.17, 15) is 4.79 Å². The van der Waals surface area contributed by atoms with Gasteiger partial charge in [0.15, 0.2) is 5.76 Å². The predicted octanol–water partition coefficient (Wildman–Crippen LogP) is 4.36. The Bertz CT molecular complexity index is 848. The van der Waals surface area contributed by atoms with E-state index in [0.717, 1.165) is 18.4 Å². The Hall–Kier alpha value is -2.53. The van der Waals surface area contributed by atoms with Crippen LogP contribution in [0.25, 0.3) is 11.5 Å². The summed E-state index contributed by atoms with van der Waals surface area (Å²) < 4.78 is 15.9. The fourth-order valence-corrected chi connectivity index (χ4v) is 2.82. The molecule has 1 saturated carbocycles. The molecule has 5 nitrogen and oxygen atoms in total. The van der Waals surface area contributed by atoms with Crippen molar-refractivity contribution < 1.29 is 18.5 Å². The van der Waals surface area contributed by atoms with Crippen LogP contribution in [0.5, 0.6) is 0 Å². The molecule has 1 aliphatic rings. The number of furan rings is 1. The van der Waals surface area contributed by atoms with Crippen LogP contribution in [-0.4, -0.2) is 11.1 Å². The second kappa shape index (κ2) is 5.83. The molecule has 0 aliphatic heterocycles. The van der Waals surface area contributed by atoms with Gasteiger partial charge in [0.25, 0.3) is 0 Å². The minimum Gasteiger partial charge on any atom is -0.461 e. The Balaban J connectivity index is 1.43. The number of hydrogen-bond acceptors (Lipinski definition) is 5. The van der Waals surface area contributed by atoms with Gasteiger partial charge in [0.1, 0.15) is 12.3 Å². The lowest BCUT2D eigenvalue weighted by molar-refractivity contribution is -0.148. The van der Waals surface area contributed by atoms with E-state index < -0.39 is 5.41 Å². The van der Waals surface area contributed by atoms with Crippen molar-refractivity contribution >= 4 is 17.6 Å². The Morgan fingerprint density at radius 1 is 1.21 bits per heavy atom. The molecule has 0 amide bonds. The van der Waals surface area contributed by atoms with Crippen molar-refractivity contribution in [3.63, 3.8) is 0 Å². The fraction of sp³-hybridized carbons (Fsp3) is 0.222. The molecule has 6 heteroatoms. The highest BCUT2D eigenvalue weighted by molar-refractivity contribution is 6.30. The number of benzene rings is 1. The molecule has 0 unspecified atom stereocenters. The van der Waals surface area contributed by atoms with Gasteiger partial charge in [-0.2, -0.15) is 0 Å². The predicted molar refractivity (Wildman–Crippen MR) is 86.4 cm³/mol. The third-order valence-corrected chi connectivity index (χ3v) is 4.46. The van der Waals surface area contributed by atoms with E-state index in [1.807, 2.05) is 12.1 Å². The van der Waals surface area contributed by atoms with Crippen LogP contribution in [0.1, 0.15) is 24.1 Å². The molecular formula is C18H14ClNO4. The lowest BCUT2D eigenvalue weighted by Gasteiger charge is -2.14. The lowest BCUT2D eigenvalue weighted by Crippen LogP contribution is -2.23. The van der Waals surface area contributed by atoms with Crippen LogP contribution in [0.15, 0.2) is 57.7 Å². The highest BCUT2D eigenvalue weighted by Crippen LogP contribution is 2.49. The highest BCUT2D eigenvalue weighted by atomic mass is 35.5. The van der Waals surface area contributed by atoms with Gasteiger partial charge in [0, 0.05) is 11.1 Å². The van der Waals surface area contributed by atoms with Crippen molar-refractivity contribution in [2.24, 2.45) is 0 Å². The number of nitrogens with zero attached hydrogens (tertiary/aromatic N) is 1. The molecule has 2 aromatic heterocycles. The fourth-order valence-electron chi connectivity index (χ4n) is 2.70. The number of esters is 1. The van der Waals surface area contributed by atoms with Crippen molar-refractivity contribution in [1.29, 1.82) is 0 Å². The number of carbonyl (C=O) groups excluding carboxylic acids is 1. The maximum Gasteiger partial charge on any atom is 0.316 e. The summed E-state index contributed by atoms with van der Waals surface area (Å²) >= 11 is 5.91. The highest BCUT2D eigenvalue weighted by Gasteiger charge is 2.52. The molecule has 1 aromatic carbocycles. The first-order valence-corrected chi connectivity index (χ1v) is 7.98. The van der Waals surface area contributed by atoms with E-state index >= 15 is 0 Å². The zero-order valence-electron chi connectivity index (χ0n) is 12.7. The topological polar surface area (TPSA) is 65.5 Å². The van der Waals surface area contributed by atoms with Gasteiger partial charge in [0.2, 0.25) is 5.76 Å². The monoisotopic (exact) mass is 343 g/mol. The molecule has 0 atom stereocenters. The van der Waals surface area contributed by atoms with Crippen LogP contribution in [0.4, 0.5) is 0 Å². The number of hydrogen-bond donors (Lipinski definition) is 0. The van der Waals surface area contributed by atoms with E-state index in [2.05, 4.69) is 5.16 Å². The zero-order chi connectivity index (χ0) is 16.6. The van der Waals surface area contributed by atoms with Gasteiger partial charge >= 0.3 is 5.97 Å². The number of halogens is 1. The maximum absolute atomic E-state index is 12.5. The zero-order valence-corrected chi connectivity index (χ0v) is 13.5. The molecule has 0 bridgehead atoms. The first kappa shape index (κ1) is 15.0. The summed E-state index contributed by atoms with van der Waals surface area (Å²) in [6, 6.07) is 12.6. The Labute approximate surface area is 143 Å². The van der Waals surface area contributed by atoms with Crippen molar-refractivity contribution in [2.75, 3.05) is 0 Å². The molecule has 4 rings (SSSR count). The van der Waals surface area contributed by atoms with Crippen molar-refractivity contribution in [3.8, 4) is 11.5 Å². The molecular weight excluding hydrogens is 330 g/mol. The van der Waals surface area contributed by atoms with Gasteiger partial charge in [-0.25, -0.2) is 0 Å². The molecule has 24 heavy (non-hydrogen) atoms. The quantitative estimate of drug-likeness (QED) is 0.644. The molecule has 122 valence electrons. The van der Waals surface area contributed by atoms with Crippen molar-refractivity contribution in [2.45, 2.75) is 24.9 Å². The van der Waals surface area contributed by atoms with Gasteiger partial charge in [-0.3, -0.25) is 4.79 Å². The van der Waals surface area contributed by atoms with Gasteiger partial charge in [-0.05, 0) is 42.7 Å². The Morgan fingerprint density at radius 2 is 2.00 bits per heavy atom. The van der Waals surface area contributed by atoms with Crippen molar-refractivity contribution in [1.82, 2.24) is 5.16 Å². The summed E-state index contributed by atoms with van der Waals surface area (Å²) in [5, 5.41) is 4.55. The number of ether oxygens (including phenoxy) is 1. The number of carbonyl (C=O) groups is 1. The Kier molecular flexibility index (Phi) is 3.65. The number of rotatable bonds is 5. The summed E-state index contributed by atoms with van der Waals surface area (Å²) in [7, 11) is 0. The van der Waals surface area contributed by atoms with Gasteiger partial charge < -0.3 is 13.7 Å². The third kappa shape index (κ3) is 2.71. The summed E-state index contributed by atoms with van der Waals surface area (Å²) in [5.41, 5.74) is 0.938. The van der Waals surface area contributed by atoms with Gasteiger partial charge in [0.05, 0.1) is 11.7 Å². The maximum atomic E-state index is 12.5. The first-order chi connectivity index (χ1) is 11.7. The van der Waals surface area contributed by atoms with Crippen LogP contribution in [0, 0.1) is 0 Å². The summed E-state index contributed by atoms with van der Waals surface area (Å²) in [6.45, 7) is 0.0678. The normalized spacial score (nSPS) is 15.2. The molecule has 0 spiro atoms. The van der Waals surface area contributed by atoms with E-state index in [1.165, 1.54) is 0 Å². The van der Waals surface area contributed by atoms with Gasteiger partial charge in [-0.1, -0.05) is 28.9 Å². The van der Waals surface area contributed by atoms with E-state index in [1.54, 1.807) is 36.6 Å². The SMILES string of the molecule is O=C(OCc1cc(-c2ccco2)on1)C1(c2ccc(Cl)cc2)CC1. The van der Waals surface area contributed by atoms with Crippen molar-refractivity contribution in [3.05, 3.63) is 65.0 Å². The Morgan fingerprint density at radius 3 is 2.67 bits per heavy atom. The van der Waals surface area contributed by atoms with E-state index in [0.29, 0.717) is 22.2 Å². The molecule has 0 N–H and O–H groups in total. The molecule has 1 fully saturated rings. The second-order valence-electron chi connectivity index (χ2n) is 5.82. The molecule has 2 heterocycles. The third-order valence-electron chi connectivity index (χ3n) is 4.21. The second-order valence-corrected chi connectivity index (χ2v) is 6.26. The average molecular weight is 344 g/mol. The lowest BCUT2D eigenvalue weighted by atomic mass is 9.96. The van der Waals surface area contributed by atoms with Crippen LogP contribution < -0.4 is 0 Å². The molecule has 3 aromatic rings. The van der Waals surface area contributed by atoms with Crippen LogP contribution in [-0.2, 0) is 21.6 Å². The minimum atomic E-state index is -0.543. The average Bonchev–Trinajstić information content (AvgIpc) is 3.00. The first-order valence-electron chi connectivity index (χ1n) is 7.60. The largest absolute Gasteiger partial charge is 0.461 e. The standard InChI is InChI=1S/C18H14ClNO4/c19-13-5-3-12(4-6-13)18(7-8-18)17(21)23-11-14-10-16(24-20-14)15-2-1-9-22-15/h1-6,9-10H,7-8,11H2. The smallest absolute Gasteiger partial charge is 0.316 e. The molecule has 0 radical (unpaired) electrons. The molecule has 0 saturated heterocycles. The van der Waals surface area contributed by atoms with Gasteiger partial charge in [-0.15, -0.1) is 0 Å². The number of aromatic nitrogens is 1. The molecule has 1 aliphatic carbocycles. The van der Waals surface area contributed by atoms with Crippen LogP contribution >= 0.6 is 11.6 Å². The van der Waals surface area contributed by atoms with Crippen LogP contribution in [0.2, 0.25) is 5.02 Å². The van der Waals surface area contributed by atoms with Crippen LogP contribution in [0.3, 0.4) is 0 Å². The summed E-state index contributed by atoms with van der Waals surface area (Å²) in [4.78, 5) is 12.5.